The van der Waals surface area contributed by atoms with Crippen LogP contribution in [0.5, 0.6) is 5.75 Å². The fourth-order valence-electron chi connectivity index (χ4n) is 4.41. The number of benzene rings is 3. The van der Waals surface area contributed by atoms with Gasteiger partial charge in [-0.2, -0.15) is 34.8 Å². The van der Waals surface area contributed by atoms with Gasteiger partial charge in [-0.25, -0.2) is 0 Å². The molecule has 14 heteroatoms. The van der Waals surface area contributed by atoms with Crippen LogP contribution in [-0.4, -0.2) is 49.4 Å². The normalized spacial score (nSPS) is 19.7. The Kier molecular flexibility index (Phi) is 9.44. The molecule has 1 N–H and O–H groups in total. The molecule has 45 heavy (non-hydrogen) atoms. The lowest BCUT2D eigenvalue weighted by Crippen LogP contribution is -2.45. The van der Waals surface area contributed by atoms with Crippen LogP contribution in [0.2, 0.25) is 0 Å². The van der Waals surface area contributed by atoms with Crippen LogP contribution in [0, 0.1) is 0 Å². The van der Waals surface area contributed by atoms with Crippen LogP contribution in [-0.2, 0) is 41.7 Å². The topological polar surface area (TPSA) is 82.1 Å². The number of halogens is 6. The van der Waals surface area contributed by atoms with Crippen molar-refractivity contribution in [3.8, 4) is 5.75 Å². The molecule has 1 aliphatic heterocycles. The summed E-state index contributed by atoms with van der Waals surface area (Å²) in [4.78, 5) is 2.30. The van der Waals surface area contributed by atoms with Gasteiger partial charge in [0.15, 0.2) is 26.6 Å². The Bertz CT molecular complexity index is 1570. The fourth-order valence-corrected chi connectivity index (χ4v) is 6.91. The Balaban J connectivity index is 1.68. The van der Waals surface area contributed by atoms with Crippen molar-refractivity contribution in [3.63, 3.8) is 0 Å². The molecule has 1 saturated heterocycles. The molecule has 1 fully saturated rings. The molecule has 0 aliphatic carbocycles. The Labute approximate surface area is 260 Å². The van der Waals surface area contributed by atoms with Crippen LogP contribution >= 0.6 is 0 Å². The predicted octanol–water partition coefficient (Wildman–Crippen LogP) is 7.82. The van der Waals surface area contributed by atoms with Crippen molar-refractivity contribution in [1.29, 1.82) is 0 Å². The Morgan fingerprint density at radius 1 is 0.800 bits per heavy atom. The highest BCUT2D eigenvalue weighted by Gasteiger charge is 2.60. The molecule has 0 bridgehead atoms. The van der Waals surface area contributed by atoms with Crippen LogP contribution in [0.25, 0.3) is 0 Å². The van der Waals surface area contributed by atoms with Crippen molar-refractivity contribution in [2.75, 3.05) is 13.2 Å². The summed E-state index contributed by atoms with van der Waals surface area (Å²) >= 11 is 0. The van der Waals surface area contributed by atoms with E-state index < -0.39 is 63.2 Å². The minimum Gasteiger partial charge on any atom is -0.483 e. The average molecular weight is 680 g/mol. The van der Waals surface area contributed by atoms with E-state index in [1.807, 2.05) is 24.3 Å². The zero-order chi connectivity index (χ0) is 33.6. The highest BCUT2D eigenvalue weighted by atomic mass is 32.2. The van der Waals surface area contributed by atoms with E-state index in [-0.39, 0.29) is 16.7 Å². The summed E-state index contributed by atoms with van der Waals surface area (Å²) in [5.74, 6) is -10.8. The van der Waals surface area contributed by atoms with Crippen LogP contribution in [0.3, 0.4) is 0 Å². The molecular formula is C31H33F6O6S2+. The van der Waals surface area contributed by atoms with Gasteiger partial charge >= 0.3 is 27.2 Å². The van der Waals surface area contributed by atoms with Crippen molar-refractivity contribution in [2.24, 2.45) is 0 Å². The summed E-state index contributed by atoms with van der Waals surface area (Å²) < 4.78 is 130. The third kappa shape index (κ3) is 7.30. The number of hydrogen-bond donors (Lipinski definition) is 1. The molecule has 6 nitrogen and oxygen atoms in total. The third-order valence-electron chi connectivity index (χ3n) is 7.35. The van der Waals surface area contributed by atoms with Gasteiger partial charge in [-0.1, -0.05) is 32.9 Å². The maximum absolute atomic E-state index is 14.0. The Morgan fingerprint density at radius 3 is 1.60 bits per heavy atom. The van der Waals surface area contributed by atoms with Gasteiger partial charge in [0.05, 0.1) is 10.9 Å². The first-order valence-electron chi connectivity index (χ1n) is 13.7. The number of alkyl halides is 6. The van der Waals surface area contributed by atoms with E-state index in [9.17, 15) is 34.8 Å². The standard InChI is InChI=1S/C31H32F6O6S2/c1-20(31(36,37)45(38,39)40)43-23-10-16-26(17-11-23)44(24-12-6-21(7-13-24)27(2,3)4)25-14-8-22(9-15-25)28(5)41-18-29(32,33)30(34,35)19-42-28/h6-17,20H,18-19H2,1-5H3/p+1. The van der Waals surface area contributed by atoms with Gasteiger partial charge in [0, 0.05) is 5.56 Å². The smallest absolute Gasteiger partial charge is 0.405 e. The minimum atomic E-state index is -5.71. The maximum Gasteiger partial charge on any atom is 0.405 e. The lowest BCUT2D eigenvalue weighted by Gasteiger charge is -2.28. The molecule has 3 aromatic carbocycles. The molecule has 1 aliphatic rings. The fraction of sp³-hybridized carbons (Fsp3) is 0.419. The summed E-state index contributed by atoms with van der Waals surface area (Å²) in [7, 11) is -6.53. The van der Waals surface area contributed by atoms with Crippen molar-refractivity contribution in [2.45, 2.75) is 83.7 Å². The van der Waals surface area contributed by atoms with Crippen molar-refractivity contribution < 1.29 is 53.5 Å². The quantitative estimate of drug-likeness (QED) is 0.149. The molecule has 0 radical (unpaired) electrons. The molecule has 4 rings (SSSR count). The second-order valence-corrected chi connectivity index (χ2v) is 15.3. The van der Waals surface area contributed by atoms with Crippen molar-refractivity contribution >= 4 is 21.0 Å². The largest absolute Gasteiger partial charge is 0.483 e. The molecule has 246 valence electrons. The van der Waals surface area contributed by atoms with E-state index in [4.69, 9.17) is 18.8 Å². The summed E-state index contributed by atoms with van der Waals surface area (Å²) in [5.41, 5.74) is 1.19. The maximum atomic E-state index is 14.0. The second-order valence-electron chi connectivity index (χ2n) is 11.8. The van der Waals surface area contributed by atoms with Crippen LogP contribution in [0.4, 0.5) is 26.3 Å². The van der Waals surface area contributed by atoms with E-state index in [1.54, 1.807) is 24.3 Å². The molecule has 3 aromatic rings. The molecule has 0 amide bonds. The number of rotatable bonds is 8. The predicted molar refractivity (Wildman–Crippen MR) is 156 cm³/mol. The summed E-state index contributed by atoms with van der Waals surface area (Å²) in [6.07, 6.45) is -2.19. The first-order valence-corrected chi connectivity index (χ1v) is 16.3. The van der Waals surface area contributed by atoms with Crippen LogP contribution in [0.1, 0.15) is 45.7 Å². The van der Waals surface area contributed by atoms with Gasteiger partial charge in [-0.05, 0) is 85.5 Å². The third-order valence-corrected chi connectivity index (χ3v) is 10.6. The number of ether oxygens (including phenoxy) is 3. The lowest BCUT2D eigenvalue weighted by molar-refractivity contribution is -0.233. The Hall–Kier alpha value is -2.78. The van der Waals surface area contributed by atoms with Gasteiger partial charge in [-0.15, -0.1) is 0 Å². The van der Waals surface area contributed by atoms with Gasteiger partial charge in [0.2, 0.25) is 0 Å². The summed E-state index contributed by atoms with van der Waals surface area (Å²) in [5, 5.41) is -4.54. The lowest BCUT2D eigenvalue weighted by atomic mass is 9.87. The monoisotopic (exact) mass is 679 g/mol. The molecule has 2 atom stereocenters. The zero-order valence-corrected chi connectivity index (χ0v) is 26.6. The van der Waals surface area contributed by atoms with E-state index >= 15 is 0 Å². The molecule has 0 aromatic heterocycles. The van der Waals surface area contributed by atoms with E-state index in [2.05, 4.69) is 20.8 Å². The van der Waals surface area contributed by atoms with Gasteiger partial charge in [0.25, 0.3) is 0 Å². The van der Waals surface area contributed by atoms with Crippen LogP contribution < -0.4 is 4.74 Å². The van der Waals surface area contributed by atoms with E-state index in [0.29, 0.717) is 4.90 Å². The SMILES string of the molecule is CC(Oc1ccc([S+](c2ccc(C(C)(C)C)cc2)c2ccc(C3(C)OCC(F)(F)C(F)(F)CO3)cc2)cc1)C(F)(F)S(=O)(=O)O. The minimum absolute atomic E-state index is 0.0688. The second kappa shape index (κ2) is 12.1. The van der Waals surface area contributed by atoms with Gasteiger partial charge in [-0.3, -0.25) is 4.55 Å². The van der Waals surface area contributed by atoms with Crippen molar-refractivity contribution in [1.82, 2.24) is 0 Å². The summed E-state index contributed by atoms with van der Waals surface area (Å²) in [6, 6.07) is 20.3. The van der Waals surface area contributed by atoms with E-state index in [1.165, 1.54) is 31.2 Å². The highest BCUT2D eigenvalue weighted by molar-refractivity contribution is 7.97. The first kappa shape index (κ1) is 35.1. The molecule has 0 saturated carbocycles. The molecule has 1 heterocycles. The van der Waals surface area contributed by atoms with E-state index in [0.717, 1.165) is 22.3 Å². The highest BCUT2D eigenvalue weighted by Crippen LogP contribution is 2.43. The molecular weight excluding hydrogens is 646 g/mol. The Morgan fingerprint density at radius 2 is 1.20 bits per heavy atom. The average Bonchev–Trinajstić information content (AvgIpc) is 3.03. The molecule has 0 spiro atoms. The number of hydrogen-bond acceptors (Lipinski definition) is 5. The zero-order valence-electron chi connectivity index (χ0n) is 25.0. The van der Waals surface area contributed by atoms with Crippen LogP contribution in [0.15, 0.2) is 87.5 Å². The summed E-state index contributed by atoms with van der Waals surface area (Å²) in [6.45, 7) is 5.23. The van der Waals surface area contributed by atoms with Gasteiger partial charge < -0.3 is 14.2 Å². The van der Waals surface area contributed by atoms with Crippen molar-refractivity contribution in [3.05, 3.63) is 83.9 Å². The van der Waals surface area contributed by atoms with Gasteiger partial charge in [0.1, 0.15) is 19.0 Å². The molecule has 2 unspecified atom stereocenters. The first-order chi connectivity index (χ1) is 20.6.